The number of allylic oxidation sites excluding steroid dienone is 4. The SMILES string of the molecule is CCCCCCC/C=C\C/C=C\CCCCCCCCCCCC(=O)OC(CO)COC(=O)CCCCCCCCCCCCCCCCCC. The molecule has 5 heteroatoms. The summed E-state index contributed by atoms with van der Waals surface area (Å²) in [7, 11) is 0. The van der Waals surface area contributed by atoms with Crippen molar-refractivity contribution in [1.82, 2.24) is 0 Å². The van der Waals surface area contributed by atoms with E-state index in [2.05, 4.69) is 38.2 Å². The first kappa shape index (κ1) is 49.4. The summed E-state index contributed by atoms with van der Waals surface area (Å²) in [4.78, 5) is 24.3. The zero-order valence-corrected chi connectivity index (χ0v) is 34.1. The maximum absolute atomic E-state index is 12.2. The standard InChI is InChI=1S/C46H86O5/c1-3-5-7-9-11-13-15-17-19-21-22-23-24-25-27-29-31-33-35-37-39-41-46(49)51-44(42-47)43-50-45(48)40-38-36-34-32-30-28-26-20-18-16-14-12-10-8-6-4-2/h15,17,21-22,44,47H,3-14,16,18-20,23-43H2,1-2H3/b17-15-,22-21-. The number of hydrogen-bond acceptors (Lipinski definition) is 5. The fraction of sp³-hybridized carbons (Fsp3) is 0.870. The van der Waals surface area contributed by atoms with Gasteiger partial charge in [-0.25, -0.2) is 0 Å². The van der Waals surface area contributed by atoms with Gasteiger partial charge in [-0.05, 0) is 44.9 Å². The van der Waals surface area contributed by atoms with Gasteiger partial charge in [-0.1, -0.05) is 205 Å². The number of carbonyl (C=O) groups excluding carboxylic acids is 2. The smallest absolute Gasteiger partial charge is 0.306 e. The van der Waals surface area contributed by atoms with Gasteiger partial charge in [0, 0.05) is 12.8 Å². The first-order valence-corrected chi connectivity index (χ1v) is 22.4. The number of esters is 2. The normalized spacial score (nSPS) is 12.3. The van der Waals surface area contributed by atoms with Gasteiger partial charge in [0.25, 0.3) is 0 Å². The van der Waals surface area contributed by atoms with Crippen molar-refractivity contribution >= 4 is 11.9 Å². The molecule has 0 aliphatic rings. The minimum absolute atomic E-state index is 0.0626. The maximum atomic E-state index is 12.2. The second-order valence-corrected chi connectivity index (χ2v) is 15.1. The van der Waals surface area contributed by atoms with Gasteiger partial charge in [-0.15, -0.1) is 0 Å². The van der Waals surface area contributed by atoms with Gasteiger partial charge in [0.1, 0.15) is 6.61 Å². The van der Waals surface area contributed by atoms with Crippen LogP contribution in [0.5, 0.6) is 0 Å². The molecular weight excluding hydrogens is 633 g/mol. The van der Waals surface area contributed by atoms with Crippen molar-refractivity contribution < 1.29 is 24.2 Å². The summed E-state index contributed by atoms with van der Waals surface area (Å²) in [6.07, 6.45) is 51.0. The Morgan fingerprint density at radius 3 is 1.16 bits per heavy atom. The van der Waals surface area contributed by atoms with Gasteiger partial charge in [0.15, 0.2) is 6.10 Å². The Morgan fingerprint density at radius 1 is 0.451 bits per heavy atom. The van der Waals surface area contributed by atoms with Crippen molar-refractivity contribution in [2.24, 2.45) is 0 Å². The molecule has 300 valence electrons. The Balaban J connectivity index is 3.50. The van der Waals surface area contributed by atoms with Crippen molar-refractivity contribution in [3.63, 3.8) is 0 Å². The van der Waals surface area contributed by atoms with Crippen LogP contribution in [0.15, 0.2) is 24.3 Å². The lowest BCUT2D eigenvalue weighted by atomic mass is 10.0. The minimum atomic E-state index is -0.769. The molecule has 51 heavy (non-hydrogen) atoms. The second kappa shape index (κ2) is 42.8. The zero-order valence-electron chi connectivity index (χ0n) is 34.1. The molecule has 0 heterocycles. The number of aliphatic hydroxyl groups is 1. The highest BCUT2D eigenvalue weighted by molar-refractivity contribution is 5.70. The van der Waals surface area contributed by atoms with E-state index in [0.29, 0.717) is 12.8 Å². The van der Waals surface area contributed by atoms with Crippen LogP contribution in [0.2, 0.25) is 0 Å². The number of aliphatic hydroxyl groups excluding tert-OH is 1. The molecule has 0 aliphatic carbocycles. The van der Waals surface area contributed by atoms with E-state index in [9.17, 15) is 14.7 Å². The van der Waals surface area contributed by atoms with E-state index in [1.54, 1.807) is 0 Å². The molecule has 0 saturated carbocycles. The average molecular weight is 719 g/mol. The third-order valence-electron chi connectivity index (χ3n) is 10.00. The maximum Gasteiger partial charge on any atom is 0.306 e. The molecule has 0 aromatic heterocycles. The van der Waals surface area contributed by atoms with Crippen molar-refractivity contribution in [2.45, 2.75) is 245 Å². The highest BCUT2D eigenvalue weighted by Crippen LogP contribution is 2.15. The summed E-state index contributed by atoms with van der Waals surface area (Å²) in [5.41, 5.74) is 0. The highest BCUT2D eigenvalue weighted by atomic mass is 16.6. The molecule has 0 aliphatic heterocycles. The fourth-order valence-corrected chi connectivity index (χ4v) is 6.59. The van der Waals surface area contributed by atoms with Crippen LogP contribution in [0.4, 0.5) is 0 Å². The van der Waals surface area contributed by atoms with Gasteiger partial charge in [-0.3, -0.25) is 9.59 Å². The van der Waals surface area contributed by atoms with Crippen LogP contribution in [0, 0.1) is 0 Å². The Morgan fingerprint density at radius 2 is 0.784 bits per heavy atom. The number of unbranched alkanes of at least 4 members (excludes halogenated alkanes) is 29. The number of ether oxygens (including phenoxy) is 2. The van der Waals surface area contributed by atoms with Crippen LogP contribution in [0.3, 0.4) is 0 Å². The van der Waals surface area contributed by atoms with Crippen LogP contribution in [-0.2, 0) is 19.1 Å². The average Bonchev–Trinajstić information content (AvgIpc) is 3.13. The number of hydrogen-bond donors (Lipinski definition) is 1. The molecule has 0 fully saturated rings. The largest absolute Gasteiger partial charge is 0.462 e. The van der Waals surface area contributed by atoms with E-state index < -0.39 is 6.10 Å². The second-order valence-electron chi connectivity index (χ2n) is 15.1. The molecule has 0 radical (unpaired) electrons. The minimum Gasteiger partial charge on any atom is -0.462 e. The Hall–Kier alpha value is -1.62. The molecular formula is C46H86O5. The first-order valence-electron chi connectivity index (χ1n) is 22.4. The highest BCUT2D eigenvalue weighted by Gasteiger charge is 2.16. The lowest BCUT2D eigenvalue weighted by Crippen LogP contribution is -2.28. The summed E-state index contributed by atoms with van der Waals surface area (Å²) >= 11 is 0. The summed E-state index contributed by atoms with van der Waals surface area (Å²) in [6, 6.07) is 0. The molecule has 0 amide bonds. The quantitative estimate of drug-likeness (QED) is 0.0387. The Bertz CT molecular complexity index is 776. The predicted octanol–water partition coefficient (Wildman–Crippen LogP) is 14.2. The van der Waals surface area contributed by atoms with Gasteiger partial charge < -0.3 is 14.6 Å². The van der Waals surface area contributed by atoms with Crippen molar-refractivity contribution in [1.29, 1.82) is 0 Å². The first-order chi connectivity index (χ1) is 25.1. The summed E-state index contributed by atoms with van der Waals surface area (Å²) in [5, 5.41) is 9.58. The van der Waals surface area contributed by atoms with Crippen LogP contribution in [-0.4, -0.2) is 36.4 Å². The predicted molar refractivity (Wildman–Crippen MR) is 219 cm³/mol. The molecule has 0 rings (SSSR count). The Kier molecular flexibility index (Phi) is 41.4. The lowest BCUT2D eigenvalue weighted by molar-refractivity contribution is -0.161. The van der Waals surface area contributed by atoms with Crippen LogP contribution in [0.25, 0.3) is 0 Å². The van der Waals surface area contributed by atoms with Gasteiger partial charge in [0.05, 0.1) is 6.61 Å². The van der Waals surface area contributed by atoms with Crippen LogP contribution >= 0.6 is 0 Å². The van der Waals surface area contributed by atoms with E-state index in [1.807, 2.05) is 0 Å². The van der Waals surface area contributed by atoms with Crippen LogP contribution in [0.1, 0.15) is 239 Å². The number of rotatable bonds is 41. The monoisotopic (exact) mass is 719 g/mol. The molecule has 0 saturated heterocycles. The van der Waals surface area contributed by atoms with Crippen molar-refractivity contribution in [3.05, 3.63) is 24.3 Å². The van der Waals surface area contributed by atoms with Gasteiger partial charge in [0.2, 0.25) is 0 Å². The van der Waals surface area contributed by atoms with Gasteiger partial charge >= 0.3 is 11.9 Å². The summed E-state index contributed by atoms with van der Waals surface area (Å²) < 4.78 is 10.6. The van der Waals surface area contributed by atoms with Crippen LogP contribution < -0.4 is 0 Å². The summed E-state index contributed by atoms with van der Waals surface area (Å²) in [6.45, 7) is 4.15. The molecule has 1 N–H and O–H groups in total. The van der Waals surface area contributed by atoms with E-state index in [4.69, 9.17) is 9.47 Å². The summed E-state index contributed by atoms with van der Waals surface area (Å²) in [5.74, 6) is -0.584. The van der Waals surface area contributed by atoms with E-state index in [-0.39, 0.29) is 25.2 Å². The molecule has 1 atom stereocenters. The van der Waals surface area contributed by atoms with Crippen molar-refractivity contribution in [2.75, 3.05) is 13.2 Å². The van der Waals surface area contributed by atoms with Gasteiger partial charge in [-0.2, -0.15) is 0 Å². The Labute approximate surface area is 317 Å². The molecule has 5 nitrogen and oxygen atoms in total. The molecule has 1 unspecified atom stereocenters. The van der Waals surface area contributed by atoms with Crippen molar-refractivity contribution in [3.8, 4) is 0 Å². The number of carbonyl (C=O) groups is 2. The molecule has 0 aromatic rings. The van der Waals surface area contributed by atoms with E-state index in [1.165, 1.54) is 167 Å². The van der Waals surface area contributed by atoms with E-state index in [0.717, 1.165) is 44.9 Å². The molecule has 0 bridgehead atoms. The zero-order chi connectivity index (χ0) is 37.1. The van der Waals surface area contributed by atoms with E-state index >= 15 is 0 Å². The lowest BCUT2D eigenvalue weighted by Gasteiger charge is -2.15. The topological polar surface area (TPSA) is 72.8 Å². The third-order valence-corrected chi connectivity index (χ3v) is 10.00. The molecule has 0 spiro atoms. The third kappa shape index (κ3) is 41.0. The fourth-order valence-electron chi connectivity index (χ4n) is 6.59. The molecule has 0 aromatic carbocycles.